The molecule has 0 atom stereocenters. The lowest BCUT2D eigenvalue weighted by Gasteiger charge is -2.15. The largest absolute Gasteiger partial charge is 0.456 e. The average Bonchev–Trinajstić information content (AvgIpc) is 1.44. The first kappa shape index (κ1) is 57.9. The van der Waals surface area contributed by atoms with Gasteiger partial charge in [0.15, 0.2) is 11.6 Å². The molecule has 0 radical (unpaired) electrons. The van der Waals surface area contributed by atoms with Crippen LogP contribution in [-0.4, -0.2) is 19.9 Å². The first-order valence-electron chi connectivity index (χ1n) is 33.5. The van der Waals surface area contributed by atoms with Crippen molar-refractivity contribution in [2.45, 2.75) is 0 Å². The number of benzene rings is 14. The summed E-state index contributed by atoms with van der Waals surface area (Å²) >= 11 is 0. The van der Waals surface area contributed by atoms with Crippen molar-refractivity contribution < 1.29 is 17.7 Å². The fraction of sp³-hybridized carbons (Fsp3) is 0. The molecule has 6 heterocycles. The van der Waals surface area contributed by atoms with Gasteiger partial charge in [-0.2, -0.15) is 0 Å². The van der Waals surface area contributed by atoms with Crippen LogP contribution in [0.2, 0.25) is 0 Å². The lowest BCUT2D eigenvalue weighted by molar-refractivity contribution is 0.668. The van der Waals surface area contributed by atoms with Crippen LogP contribution in [0.4, 0.5) is 0 Å². The Kier molecular flexibility index (Phi) is 14.0. The van der Waals surface area contributed by atoms with Crippen LogP contribution in [0.25, 0.3) is 200 Å². The zero-order valence-corrected chi connectivity index (χ0v) is 53.8. The summed E-state index contributed by atoms with van der Waals surface area (Å²) in [7, 11) is 0. The normalized spacial score (nSPS) is 11.6. The van der Waals surface area contributed by atoms with Gasteiger partial charge in [-0.3, -0.25) is 0 Å². The van der Waals surface area contributed by atoms with Crippen molar-refractivity contribution in [1.82, 2.24) is 19.9 Å². The molecule has 0 amide bonds. The second-order valence-electron chi connectivity index (χ2n) is 25.1. The van der Waals surface area contributed by atoms with E-state index < -0.39 is 0 Å². The molecule has 0 N–H and O–H groups in total. The zero-order chi connectivity index (χ0) is 66.0. The molecule has 0 aliphatic rings. The number of aromatic nitrogens is 4. The van der Waals surface area contributed by atoms with Gasteiger partial charge in [-0.05, 0) is 106 Å². The third-order valence-corrected chi connectivity index (χ3v) is 19.1. The van der Waals surface area contributed by atoms with E-state index in [1.807, 2.05) is 121 Å². The van der Waals surface area contributed by atoms with Crippen molar-refractivity contribution in [3.63, 3.8) is 0 Å². The quantitative estimate of drug-likeness (QED) is 0.133. The minimum Gasteiger partial charge on any atom is -0.456 e. The van der Waals surface area contributed by atoms with Crippen LogP contribution in [0, 0.1) is 0 Å². The number of hydrogen-bond acceptors (Lipinski definition) is 8. The predicted molar refractivity (Wildman–Crippen MR) is 408 cm³/mol. The summed E-state index contributed by atoms with van der Waals surface area (Å²) in [6.07, 6.45) is 0. The molecule has 0 fully saturated rings. The van der Waals surface area contributed by atoms with E-state index in [1.54, 1.807) is 0 Å². The molecule has 0 unspecified atom stereocenters. The summed E-state index contributed by atoms with van der Waals surface area (Å²) in [5.41, 5.74) is 24.8. The highest BCUT2D eigenvalue weighted by molar-refractivity contribution is 6.13. The Bertz CT molecular complexity index is 6420. The molecule has 468 valence electrons. The summed E-state index contributed by atoms with van der Waals surface area (Å²) in [6.45, 7) is 0. The minimum atomic E-state index is 0.666. The molecule has 0 aliphatic carbocycles. The van der Waals surface area contributed by atoms with Gasteiger partial charge < -0.3 is 17.7 Å². The lowest BCUT2D eigenvalue weighted by atomic mass is 9.91. The third-order valence-electron chi connectivity index (χ3n) is 19.1. The van der Waals surface area contributed by atoms with Crippen LogP contribution in [0.5, 0.6) is 0 Å². The van der Waals surface area contributed by atoms with E-state index >= 15 is 0 Å². The Morgan fingerprint density at radius 1 is 0.160 bits per heavy atom. The van der Waals surface area contributed by atoms with Gasteiger partial charge in [0, 0.05) is 87.6 Å². The Morgan fingerprint density at radius 3 is 1.01 bits per heavy atom. The Balaban J connectivity index is 0.000000139. The Hall–Kier alpha value is -13.6. The molecule has 0 spiro atoms. The van der Waals surface area contributed by atoms with Gasteiger partial charge in [0.25, 0.3) is 0 Å². The molecule has 20 rings (SSSR count). The summed E-state index contributed by atoms with van der Waals surface area (Å²) in [6, 6.07) is 117. The van der Waals surface area contributed by atoms with Crippen LogP contribution in [-0.2, 0) is 0 Å². The maximum Gasteiger partial charge on any atom is 0.160 e. The number of hydrogen-bond donors (Lipinski definition) is 0. The number of furan rings is 4. The molecular formula is C92H56N4O4. The lowest BCUT2D eigenvalue weighted by Crippen LogP contribution is -1.97. The summed E-state index contributed by atoms with van der Waals surface area (Å²) in [5, 5.41) is 8.77. The second-order valence-corrected chi connectivity index (χ2v) is 25.1. The molecule has 20 aromatic rings. The van der Waals surface area contributed by atoms with Crippen LogP contribution < -0.4 is 0 Å². The monoisotopic (exact) mass is 1280 g/mol. The van der Waals surface area contributed by atoms with Crippen LogP contribution in [0.3, 0.4) is 0 Å². The minimum absolute atomic E-state index is 0.666. The molecule has 8 heteroatoms. The summed E-state index contributed by atoms with van der Waals surface area (Å²) in [5.74, 6) is 1.35. The van der Waals surface area contributed by atoms with E-state index in [0.717, 1.165) is 188 Å². The highest BCUT2D eigenvalue weighted by Gasteiger charge is 2.23. The van der Waals surface area contributed by atoms with Crippen LogP contribution in [0.1, 0.15) is 0 Å². The number of nitrogens with zero attached hydrogens (tertiary/aromatic N) is 4. The first-order chi connectivity index (χ1) is 49.5. The summed E-state index contributed by atoms with van der Waals surface area (Å²) < 4.78 is 25.4. The fourth-order valence-corrected chi connectivity index (χ4v) is 14.2. The number of rotatable bonds is 10. The predicted octanol–water partition coefficient (Wildman–Crippen LogP) is 25.2. The van der Waals surface area contributed by atoms with E-state index in [4.69, 9.17) is 37.6 Å². The van der Waals surface area contributed by atoms with Crippen molar-refractivity contribution in [2.75, 3.05) is 0 Å². The van der Waals surface area contributed by atoms with Gasteiger partial charge in [-0.1, -0.05) is 267 Å². The van der Waals surface area contributed by atoms with Crippen LogP contribution >= 0.6 is 0 Å². The standard InChI is InChI=1S/2C46H28N2O2/c1-3-13-29(14-4-1)40-28-41(48-46(47-40)30-15-5-2-6-16-30)39-27-31(32-19-11-21-37-34-17-7-9-23-42(34)49-44(32)37)25-26-33(39)36-20-12-22-38-35-18-8-10-24-43(35)50-45(36)38;1-3-11-29(12-4-1)40-28-41(48-46(47-40)30-13-5-2-6-14-30)37-25-31(32-20-23-44-38(26-32)35-15-7-9-17-42(35)49-44)19-22-34(37)33-21-24-45-39(27-33)36-16-8-10-18-43(36)50-45/h2*1-28H. The van der Waals surface area contributed by atoms with Crippen molar-refractivity contribution in [3.8, 4) is 112 Å². The second kappa shape index (κ2) is 24.3. The van der Waals surface area contributed by atoms with Gasteiger partial charge in [0.05, 0.1) is 22.8 Å². The molecule has 6 aromatic heterocycles. The molecule has 0 bridgehead atoms. The maximum absolute atomic E-state index is 6.57. The third kappa shape index (κ3) is 10.3. The Morgan fingerprint density at radius 2 is 0.490 bits per heavy atom. The molecule has 8 nitrogen and oxygen atoms in total. The summed E-state index contributed by atoms with van der Waals surface area (Å²) in [4.78, 5) is 20.7. The molecule has 100 heavy (non-hydrogen) atoms. The van der Waals surface area contributed by atoms with E-state index in [-0.39, 0.29) is 0 Å². The van der Waals surface area contributed by atoms with E-state index in [2.05, 4.69) is 218 Å². The smallest absolute Gasteiger partial charge is 0.160 e. The van der Waals surface area contributed by atoms with Gasteiger partial charge >= 0.3 is 0 Å². The van der Waals surface area contributed by atoms with Crippen molar-refractivity contribution in [2.24, 2.45) is 0 Å². The highest BCUT2D eigenvalue weighted by atomic mass is 16.3. The SMILES string of the molecule is c1ccc(-c2cc(-c3cc(-c4ccc5oc6ccccc6c5c4)ccc3-c3ccc4oc5ccccc5c4c3)nc(-c3ccccc3)n2)cc1.c1ccc(-c2cc(-c3cc(-c4cccc5c4oc4ccccc45)ccc3-c3cccc4c3oc3ccccc34)nc(-c3ccccc3)n2)cc1. The maximum atomic E-state index is 6.57. The molecule has 0 saturated carbocycles. The van der Waals surface area contributed by atoms with Gasteiger partial charge in [-0.15, -0.1) is 0 Å². The van der Waals surface area contributed by atoms with E-state index in [9.17, 15) is 0 Å². The van der Waals surface area contributed by atoms with E-state index in [0.29, 0.717) is 11.6 Å². The molecule has 0 saturated heterocycles. The van der Waals surface area contributed by atoms with Crippen molar-refractivity contribution >= 4 is 87.8 Å². The molecule has 14 aromatic carbocycles. The fourth-order valence-electron chi connectivity index (χ4n) is 14.2. The highest BCUT2D eigenvalue weighted by Crippen LogP contribution is 2.46. The molecular weight excluding hydrogens is 1230 g/mol. The topological polar surface area (TPSA) is 104 Å². The van der Waals surface area contributed by atoms with E-state index in [1.165, 1.54) is 0 Å². The first-order valence-corrected chi connectivity index (χ1v) is 33.5. The van der Waals surface area contributed by atoms with Gasteiger partial charge in [0.2, 0.25) is 0 Å². The average molecular weight is 1280 g/mol. The molecule has 0 aliphatic heterocycles. The van der Waals surface area contributed by atoms with Crippen molar-refractivity contribution in [1.29, 1.82) is 0 Å². The van der Waals surface area contributed by atoms with Gasteiger partial charge in [0.1, 0.15) is 44.7 Å². The Labute approximate surface area is 574 Å². The van der Waals surface area contributed by atoms with Crippen LogP contribution in [0.15, 0.2) is 357 Å². The van der Waals surface area contributed by atoms with Gasteiger partial charge in [-0.25, -0.2) is 19.9 Å². The number of fused-ring (bicyclic) bond motifs is 12. The number of para-hydroxylation sites is 6. The van der Waals surface area contributed by atoms with Crippen molar-refractivity contribution in [3.05, 3.63) is 340 Å². The zero-order valence-electron chi connectivity index (χ0n) is 53.8.